The molecule has 3 rings (SSSR count). The first kappa shape index (κ1) is 17.1. The van der Waals surface area contributed by atoms with Crippen LogP contribution in [0.2, 0.25) is 0 Å². The van der Waals surface area contributed by atoms with E-state index in [1.54, 1.807) is 13.1 Å². The Balaban J connectivity index is 2.06. The van der Waals surface area contributed by atoms with E-state index in [0.29, 0.717) is 18.1 Å². The number of oxazole rings is 1. The Morgan fingerprint density at radius 3 is 2.68 bits per heavy atom. The summed E-state index contributed by atoms with van der Waals surface area (Å²) in [6.45, 7) is 7.43. The van der Waals surface area contributed by atoms with Crippen molar-refractivity contribution in [3.63, 3.8) is 0 Å². The Morgan fingerprint density at radius 2 is 2.08 bits per heavy atom. The number of carbonyl (C=O) groups is 1. The number of hydrogen-bond acceptors (Lipinski definition) is 3. The van der Waals surface area contributed by atoms with Crippen molar-refractivity contribution < 1.29 is 14.3 Å². The van der Waals surface area contributed by atoms with Crippen molar-refractivity contribution in [3.05, 3.63) is 53.9 Å². The molecule has 0 aliphatic rings. The summed E-state index contributed by atoms with van der Waals surface area (Å²) in [5.74, 6) is 1.08. The predicted molar refractivity (Wildman–Crippen MR) is 95.6 cm³/mol. The highest BCUT2D eigenvalue weighted by atomic mass is 16.4. The highest BCUT2D eigenvalue weighted by molar-refractivity contribution is 5.83. The van der Waals surface area contributed by atoms with Crippen LogP contribution in [0.3, 0.4) is 0 Å². The van der Waals surface area contributed by atoms with E-state index in [4.69, 9.17) is 4.42 Å². The second-order valence-electron chi connectivity index (χ2n) is 7.21. The van der Waals surface area contributed by atoms with Crippen LogP contribution in [0.5, 0.6) is 0 Å². The van der Waals surface area contributed by atoms with Crippen LogP contribution in [-0.4, -0.2) is 31.6 Å². The SMILES string of the molecule is Cc1cnc([C@@H](Cc2c[nH]c3ccccc23)N(C(=O)O)C(C)(C)C)o1. The minimum Gasteiger partial charge on any atom is -0.465 e. The summed E-state index contributed by atoms with van der Waals surface area (Å²) in [6.07, 6.45) is 3.04. The number of para-hydroxylation sites is 1. The van der Waals surface area contributed by atoms with Gasteiger partial charge in [-0.2, -0.15) is 0 Å². The maximum Gasteiger partial charge on any atom is 0.408 e. The summed E-state index contributed by atoms with van der Waals surface area (Å²) < 4.78 is 5.71. The van der Waals surface area contributed by atoms with Crippen molar-refractivity contribution in [2.75, 3.05) is 0 Å². The lowest BCUT2D eigenvalue weighted by Gasteiger charge is -2.38. The van der Waals surface area contributed by atoms with Crippen LogP contribution in [0.4, 0.5) is 4.79 Å². The zero-order valence-electron chi connectivity index (χ0n) is 14.9. The van der Waals surface area contributed by atoms with Gasteiger partial charge in [0.2, 0.25) is 5.89 Å². The van der Waals surface area contributed by atoms with Gasteiger partial charge >= 0.3 is 6.09 Å². The summed E-state index contributed by atoms with van der Waals surface area (Å²) in [7, 11) is 0. The number of amides is 1. The van der Waals surface area contributed by atoms with E-state index in [1.807, 2.05) is 51.2 Å². The van der Waals surface area contributed by atoms with Crippen molar-refractivity contribution in [2.45, 2.75) is 45.7 Å². The Hall–Kier alpha value is -2.76. The van der Waals surface area contributed by atoms with Gasteiger partial charge in [0.25, 0.3) is 0 Å². The molecule has 2 heterocycles. The summed E-state index contributed by atoms with van der Waals surface area (Å²) in [5.41, 5.74) is 1.47. The van der Waals surface area contributed by atoms with Crippen molar-refractivity contribution in [1.82, 2.24) is 14.9 Å². The average Bonchev–Trinajstić information content (AvgIpc) is 3.12. The molecule has 0 saturated carbocycles. The number of benzene rings is 1. The maximum absolute atomic E-state index is 12.0. The average molecular weight is 341 g/mol. The maximum atomic E-state index is 12.0. The fraction of sp³-hybridized carbons (Fsp3) is 0.368. The number of aromatic nitrogens is 2. The number of carboxylic acid groups (broad SMARTS) is 1. The lowest BCUT2D eigenvalue weighted by atomic mass is 9.98. The molecule has 0 radical (unpaired) electrons. The van der Waals surface area contributed by atoms with E-state index in [9.17, 15) is 9.90 Å². The van der Waals surface area contributed by atoms with Gasteiger partial charge in [0.1, 0.15) is 11.8 Å². The molecule has 2 N–H and O–H groups in total. The van der Waals surface area contributed by atoms with Crippen LogP contribution in [0.1, 0.15) is 44.0 Å². The third-order valence-electron chi connectivity index (χ3n) is 4.25. The van der Waals surface area contributed by atoms with Gasteiger partial charge < -0.3 is 14.5 Å². The monoisotopic (exact) mass is 341 g/mol. The second kappa shape index (κ2) is 6.27. The third-order valence-corrected chi connectivity index (χ3v) is 4.25. The van der Waals surface area contributed by atoms with Gasteiger partial charge in [0.15, 0.2) is 0 Å². The predicted octanol–water partition coefficient (Wildman–Crippen LogP) is 4.53. The van der Waals surface area contributed by atoms with Crippen LogP contribution >= 0.6 is 0 Å². The molecule has 0 fully saturated rings. The molecule has 0 bridgehead atoms. The first-order valence-corrected chi connectivity index (χ1v) is 8.27. The van der Waals surface area contributed by atoms with E-state index in [1.165, 1.54) is 4.90 Å². The molecule has 0 aliphatic carbocycles. The topological polar surface area (TPSA) is 82.4 Å². The molecular weight excluding hydrogens is 318 g/mol. The van der Waals surface area contributed by atoms with Crippen molar-refractivity contribution >= 4 is 17.0 Å². The smallest absolute Gasteiger partial charge is 0.408 e. The second-order valence-corrected chi connectivity index (χ2v) is 7.21. The number of nitrogens with zero attached hydrogens (tertiary/aromatic N) is 2. The van der Waals surface area contributed by atoms with Gasteiger partial charge in [-0.1, -0.05) is 18.2 Å². The minimum absolute atomic E-state index is 0.417. The molecular formula is C19H23N3O3. The standard InChI is InChI=1S/C19H23N3O3/c1-12-10-21-17(25-12)16(22(18(23)24)19(2,3)4)9-13-11-20-15-8-6-5-7-14(13)15/h5-8,10-11,16,20H,9H2,1-4H3,(H,23,24)/t16-/m1/s1. The molecule has 6 nitrogen and oxygen atoms in total. The largest absolute Gasteiger partial charge is 0.465 e. The first-order chi connectivity index (χ1) is 11.8. The number of fused-ring (bicyclic) bond motifs is 1. The Labute approximate surface area is 146 Å². The van der Waals surface area contributed by atoms with Crippen LogP contribution in [-0.2, 0) is 6.42 Å². The number of aromatic amines is 1. The molecule has 1 aromatic carbocycles. The first-order valence-electron chi connectivity index (χ1n) is 8.27. The molecule has 2 aromatic heterocycles. The number of nitrogens with one attached hydrogen (secondary N) is 1. The number of hydrogen-bond donors (Lipinski definition) is 2. The van der Waals surface area contributed by atoms with E-state index < -0.39 is 17.7 Å². The molecule has 0 unspecified atom stereocenters. The van der Waals surface area contributed by atoms with Crippen molar-refractivity contribution in [2.24, 2.45) is 0 Å². The molecule has 3 aromatic rings. The van der Waals surface area contributed by atoms with Gasteiger partial charge in [0, 0.05) is 29.1 Å². The Kier molecular flexibility index (Phi) is 4.29. The van der Waals surface area contributed by atoms with Gasteiger partial charge in [0.05, 0.1) is 6.20 Å². The van der Waals surface area contributed by atoms with Crippen LogP contribution < -0.4 is 0 Å². The number of H-pyrrole nitrogens is 1. The summed E-state index contributed by atoms with van der Waals surface area (Å²) >= 11 is 0. The van der Waals surface area contributed by atoms with Gasteiger partial charge in [-0.25, -0.2) is 9.78 Å². The minimum atomic E-state index is -0.992. The van der Waals surface area contributed by atoms with Crippen LogP contribution in [0, 0.1) is 6.92 Å². The molecule has 0 saturated heterocycles. The fourth-order valence-electron chi connectivity index (χ4n) is 3.21. The quantitative estimate of drug-likeness (QED) is 0.730. The van der Waals surface area contributed by atoms with Gasteiger partial charge in [-0.3, -0.25) is 4.90 Å². The lowest BCUT2D eigenvalue weighted by molar-refractivity contribution is 0.0600. The highest BCUT2D eigenvalue weighted by Gasteiger charge is 2.37. The molecule has 1 atom stereocenters. The molecule has 0 aliphatic heterocycles. The van der Waals surface area contributed by atoms with E-state index in [2.05, 4.69) is 9.97 Å². The molecule has 6 heteroatoms. The van der Waals surface area contributed by atoms with Gasteiger partial charge in [-0.05, 0) is 39.3 Å². The van der Waals surface area contributed by atoms with Crippen molar-refractivity contribution in [3.8, 4) is 0 Å². The lowest BCUT2D eigenvalue weighted by Crippen LogP contribution is -2.47. The Morgan fingerprint density at radius 1 is 1.36 bits per heavy atom. The molecule has 132 valence electrons. The third kappa shape index (κ3) is 3.38. The normalized spacial score (nSPS) is 13.1. The van der Waals surface area contributed by atoms with Crippen molar-refractivity contribution in [1.29, 1.82) is 0 Å². The highest BCUT2D eigenvalue weighted by Crippen LogP contribution is 2.33. The zero-order chi connectivity index (χ0) is 18.2. The van der Waals surface area contributed by atoms with Crippen LogP contribution in [0.15, 0.2) is 41.1 Å². The van der Waals surface area contributed by atoms with E-state index >= 15 is 0 Å². The summed E-state index contributed by atoms with van der Waals surface area (Å²) in [4.78, 5) is 21.0. The zero-order valence-corrected chi connectivity index (χ0v) is 14.9. The molecule has 25 heavy (non-hydrogen) atoms. The number of rotatable bonds is 4. The Bertz CT molecular complexity index is 889. The molecule has 1 amide bonds. The fourth-order valence-corrected chi connectivity index (χ4v) is 3.21. The number of aryl methyl sites for hydroxylation is 1. The van der Waals surface area contributed by atoms with E-state index in [-0.39, 0.29) is 0 Å². The molecule has 0 spiro atoms. The van der Waals surface area contributed by atoms with Gasteiger partial charge in [-0.15, -0.1) is 0 Å². The summed E-state index contributed by atoms with van der Waals surface area (Å²) in [6, 6.07) is 7.47. The summed E-state index contributed by atoms with van der Waals surface area (Å²) in [5, 5.41) is 10.9. The van der Waals surface area contributed by atoms with E-state index in [0.717, 1.165) is 16.5 Å². The van der Waals surface area contributed by atoms with Crippen LogP contribution in [0.25, 0.3) is 10.9 Å².